The number of hydrogen-bond acceptors (Lipinski definition) is 6. The van der Waals surface area contributed by atoms with Gasteiger partial charge in [-0.2, -0.15) is 0 Å². The molecule has 0 radical (unpaired) electrons. The largest absolute Gasteiger partial charge is 0.340 e. The maximum Gasteiger partial charge on any atom is 0.234 e. The van der Waals surface area contributed by atoms with Crippen molar-refractivity contribution in [1.29, 1.82) is 0 Å². The van der Waals surface area contributed by atoms with Gasteiger partial charge in [-0.3, -0.25) is 24.2 Å². The molecule has 4 rings (SSSR count). The van der Waals surface area contributed by atoms with E-state index in [1.54, 1.807) is 4.90 Å². The molecule has 0 unspecified atom stereocenters. The van der Waals surface area contributed by atoms with Gasteiger partial charge in [-0.1, -0.05) is 12.8 Å². The third kappa shape index (κ3) is 3.63. The maximum atomic E-state index is 12.6. The molecule has 150 valence electrons. The lowest BCUT2D eigenvalue weighted by Gasteiger charge is -2.37. The summed E-state index contributed by atoms with van der Waals surface area (Å²) in [4.78, 5) is 42.9. The molecular formula is C18H27N3O5S. The summed E-state index contributed by atoms with van der Waals surface area (Å²) in [5.41, 5.74) is 0. The molecule has 9 heteroatoms. The first kappa shape index (κ1) is 18.9. The summed E-state index contributed by atoms with van der Waals surface area (Å²) in [6, 6.07) is 0. The molecule has 0 aromatic carbocycles. The summed E-state index contributed by atoms with van der Waals surface area (Å²) in [7, 11) is -3.07. The van der Waals surface area contributed by atoms with Gasteiger partial charge in [0.1, 0.15) is 0 Å². The lowest BCUT2D eigenvalue weighted by molar-refractivity contribution is -0.145. The van der Waals surface area contributed by atoms with E-state index in [0.29, 0.717) is 39.3 Å². The summed E-state index contributed by atoms with van der Waals surface area (Å²) in [5.74, 6) is -0.728. The molecule has 3 atom stereocenters. The van der Waals surface area contributed by atoms with Crippen LogP contribution in [0.3, 0.4) is 0 Å². The van der Waals surface area contributed by atoms with Crippen molar-refractivity contribution in [3.63, 3.8) is 0 Å². The maximum absolute atomic E-state index is 12.6. The lowest BCUT2D eigenvalue weighted by atomic mass is 9.81. The number of fused-ring (bicyclic) bond motifs is 1. The first-order chi connectivity index (χ1) is 12.9. The van der Waals surface area contributed by atoms with Gasteiger partial charge in [0.15, 0.2) is 9.84 Å². The normalized spacial score (nSPS) is 34.1. The van der Waals surface area contributed by atoms with Crippen molar-refractivity contribution in [2.24, 2.45) is 17.8 Å². The lowest BCUT2D eigenvalue weighted by Crippen LogP contribution is -2.53. The fraction of sp³-hybridized carbons (Fsp3) is 0.833. The van der Waals surface area contributed by atoms with Crippen LogP contribution in [0.25, 0.3) is 0 Å². The molecule has 4 aliphatic rings. The summed E-state index contributed by atoms with van der Waals surface area (Å²) in [6.07, 6.45) is 4.09. The highest BCUT2D eigenvalue weighted by molar-refractivity contribution is 7.91. The van der Waals surface area contributed by atoms with Crippen molar-refractivity contribution in [1.82, 2.24) is 14.7 Å². The van der Waals surface area contributed by atoms with E-state index in [9.17, 15) is 22.8 Å². The molecule has 8 nitrogen and oxygen atoms in total. The number of likely N-dealkylation sites (tertiary alicyclic amines) is 1. The van der Waals surface area contributed by atoms with Crippen LogP contribution >= 0.6 is 0 Å². The summed E-state index contributed by atoms with van der Waals surface area (Å²) in [5, 5.41) is 0. The Hall–Kier alpha value is -1.48. The number of piperazine rings is 1. The molecule has 0 aromatic rings. The predicted octanol–water partition coefficient (Wildman–Crippen LogP) is -0.302. The number of imide groups is 1. The molecule has 3 amide bonds. The fourth-order valence-electron chi connectivity index (χ4n) is 4.93. The van der Waals surface area contributed by atoms with Crippen LogP contribution in [0, 0.1) is 17.8 Å². The van der Waals surface area contributed by atoms with Gasteiger partial charge in [0.25, 0.3) is 0 Å². The van der Waals surface area contributed by atoms with Crippen LogP contribution in [0.1, 0.15) is 32.1 Å². The summed E-state index contributed by atoms with van der Waals surface area (Å²) >= 11 is 0. The van der Waals surface area contributed by atoms with Crippen LogP contribution in [-0.2, 0) is 24.2 Å². The van der Waals surface area contributed by atoms with E-state index in [2.05, 4.69) is 0 Å². The van der Waals surface area contributed by atoms with Crippen molar-refractivity contribution in [2.45, 2.75) is 32.1 Å². The third-order valence-electron chi connectivity index (χ3n) is 6.54. The van der Waals surface area contributed by atoms with Crippen LogP contribution in [0.5, 0.6) is 0 Å². The average molecular weight is 397 g/mol. The molecular weight excluding hydrogens is 370 g/mol. The Morgan fingerprint density at radius 3 is 2.04 bits per heavy atom. The molecule has 0 N–H and O–H groups in total. The van der Waals surface area contributed by atoms with Gasteiger partial charge in [0, 0.05) is 26.2 Å². The quantitative estimate of drug-likeness (QED) is 0.607. The second-order valence-corrected chi connectivity index (χ2v) is 10.5. The number of amides is 3. The van der Waals surface area contributed by atoms with Crippen molar-refractivity contribution < 1.29 is 22.8 Å². The van der Waals surface area contributed by atoms with E-state index in [1.807, 2.05) is 4.90 Å². The van der Waals surface area contributed by atoms with Crippen LogP contribution < -0.4 is 0 Å². The highest BCUT2D eigenvalue weighted by Crippen LogP contribution is 2.38. The monoisotopic (exact) mass is 397 g/mol. The minimum absolute atomic E-state index is 0.0284. The second kappa shape index (κ2) is 7.16. The zero-order valence-electron chi connectivity index (χ0n) is 15.5. The Kier molecular flexibility index (Phi) is 5.00. The Morgan fingerprint density at radius 1 is 0.926 bits per heavy atom. The van der Waals surface area contributed by atoms with Gasteiger partial charge in [0.05, 0.1) is 35.9 Å². The van der Waals surface area contributed by atoms with E-state index in [0.717, 1.165) is 25.7 Å². The molecule has 0 bridgehead atoms. The van der Waals surface area contributed by atoms with Crippen LogP contribution in [0.15, 0.2) is 0 Å². The average Bonchev–Trinajstić information content (AvgIpc) is 3.14. The fourth-order valence-corrected chi connectivity index (χ4v) is 6.66. The standard InChI is InChI=1S/C18H27N3O5S/c22-16(13-5-10-27(25,26)11-13)20-8-6-19(7-9-20)12-21-17(23)14-3-1-2-4-15(14)18(21)24/h13-15H,1-12H2/t13-,14-,15+/m1/s1. The van der Waals surface area contributed by atoms with Crippen LogP contribution in [-0.4, -0.2) is 85.2 Å². The molecule has 27 heavy (non-hydrogen) atoms. The zero-order valence-corrected chi connectivity index (χ0v) is 16.3. The molecule has 3 saturated heterocycles. The molecule has 3 heterocycles. The van der Waals surface area contributed by atoms with Crippen molar-refractivity contribution >= 4 is 27.6 Å². The Balaban J connectivity index is 1.30. The Labute approximate surface area is 159 Å². The minimum atomic E-state index is -3.07. The van der Waals surface area contributed by atoms with E-state index < -0.39 is 15.8 Å². The predicted molar refractivity (Wildman–Crippen MR) is 97.1 cm³/mol. The van der Waals surface area contributed by atoms with Gasteiger partial charge in [-0.25, -0.2) is 8.42 Å². The molecule has 1 saturated carbocycles. The number of nitrogens with zero attached hydrogens (tertiary/aromatic N) is 3. The van der Waals surface area contributed by atoms with E-state index >= 15 is 0 Å². The van der Waals surface area contributed by atoms with Gasteiger partial charge in [-0.05, 0) is 19.3 Å². The number of sulfone groups is 1. The first-order valence-corrected chi connectivity index (χ1v) is 11.7. The molecule has 4 fully saturated rings. The van der Waals surface area contributed by atoms with Gasteiger partial charge >= 0.3 is 0 Å². The zero-order chi connectivity index (χ0) is 19.2. The van der Waals surface area contributed by atoms with Gasteiger partial charge < -0.3 is 4.90 Å². The van der Waals surface area contributed by atoms with Crippen molar-refractivity contribution in [3.05, 3.63) is 0 Å². The van der Waals surface area contributed by atoms with E-state index in [-0.39, 0.29) is 41.1 Å². The highest BCUT2D eigenvalue weighted by Gasteiger charge is 2.48. The van der Waals surface area contributed by atoms with Crippen LogP contribution in [0.2, 0.25) is 0 Å². The Morgan fingerprint density at radius 2 is 1.52 bits per heavy atom. The summed E-state index contributed by atoms with van der Waals surface area (Å²) < 4.78 is 23.2. The second-order valence-electron chi connectivity index (χ2n) is 8.29. The van der Waals surface area contributed by atoms with Crippen molar-refractivity contribution in [3.8, 4) is 0 Å². The number of hydrogen-bond donors (Lipinski definition) is 0. The van der Waals surface area contributed by atoms with Crippen molar-refractivity contribution in [2.75, 3.05) is 44.4 Å². The van der Waals surface area contributed by atoms with Gasteiger partial charge in [-0.15, -0.1) is 0 Å². The number of carbonyl (C=O) groups is 3. The molecule has 3 aliphatic heterocycles. The molecule has 0 spiro atoms. The van der Waals surface area contributed by atoms with E-state index in [1.165, 1.54) is 4.90 Å². The topological polar surface area (TPSA) is 95.1 Å². The van der Waals surface area contributed by atoms with Crippen LogP contribution in [0.4, 0.5) is 0 Å². The third-order valence-corrected chi connectivity index (χ3v) is 8.31. The number of carbonyl (C=O) groups excluding carboxylic acids is 3. The van der Waals surface area contributed by atoms with E-state index in [4.69, 9.17) is 0 Å². The minimum Gasteiger partial charge on any atom is -0.340 e. The Bertz CT molecular complexity index is 720. The molecule has 0 aromatic heterocycles. The first-order valence-electron chi connectivity index (χ1n) is 9.92. The smallest absolute Gasteiger partial charge is 0.234 e. The highest BCUT2D eigenvalue weighted by atomic mass is 32.2. The molecule has 1 aliphatic carbocycles. The van der Waals surface area contributed by atoms with Gasteiger partial charge in [0.2, 0.25) is 17.7 Å². The summed E-state index contributed by atoms with van der Waals surface area (Å²) in [6.45, 7) is 2.52. The number of rotatable bonds is 3. The SMILES string of the molecule is O=C([C@@H]1CCS(=O)(=O)C1)N1CCN(CN2C(=O)[C@H]3CCCC[C@H]3C2=O)CC1.